The Balaban J connectivity index is 1.66. The molecule has 2 aromatic rings. The Morgan fingerprint density at radius 3 is 2.78 bits per heavy atom. The molecule has 2 aromatic carbocycles. The van der Waals surface area contributed by atoms with E-state index in [-0.39, 0.29) is 22.8 Å². The van der Waals surface area contributed by atoms with Crippen molar-refractivity contribution in [2.45, 2.75) is 6.10 Å². The summed E-state index contributed by atoms with van der Waals surface area (Å²) in [6.45, 7) is 0.761. The molecule has 1 aliphatic heterocycles. The topological polar surface area (TPSA) is 59.0 Å². The van der Waals surface area contributed by atoms with Gasteiger partial charge in [0.25, 0.3) is 5.91 Å². The number of amides is 1. The molecule has 0 spiro atoms. The van der Waals surface area contributed by atoms with Crippen LogP contribution in [0, 0.1) is 0 Å². The molecule has 3 rings (SSSR count). The highest BCUT2D eigenvalue weighted by Crippen LogP contribution is 2.31. The summed E-state index contributed by atoms with van der Waals surface area (Å²) in [6, 6.07) is 11.8. The van der Waals surface area contributed by atoms with Crippen LogP contribution in [0.2, 0.25) is 5.02 Å². The molecule has 0 aromatic heterocycles. The van der Waals surface area contributed by atoms with Crippen molar-refractivity contribution in [2.75, 3.05) is 20.2 Å². The molecule has 1 aliphatic rings. The fourth-order valence-corrected chi connectivity index (χ4v) is 2.58. The highest BCUT2D eigenvalue weighted by atomic mass is 35.5. The first kappa shape index (κ1) is 15.5. The van der Waals surface area contributed by atoms with Crippen molar-refractivity contribution in [3.05, 3.63) is 53.1 Å². The van der Waals surface area contributed by atoms with Crippen LogP contribution in [0.25, 0.3) is 0 Å². The van der Waals surface area contributed by atoms with Crippen LogP contribution in [-0.2, 0) is 0 Å². The maximum atomic E-state index is 12.4. The number of aromatic hydroxyl groups is 1. The molecule has 0 fully saturated rings. The predicted molar refractivity (Wildman–Crippen MR) is 86.4 cm³/mol. The number of benzene rings is 2. The smallest absolute Gasteiger partial charge is 0.253 e. The quantitative estimate of drug-likeness (QED) is 0.938. The van der Waals surface area contributed by atoms with Crippen LogP contribution >= 0.6 is 11.6 Å². The normalized spacial score (nSPS) is 16.0. The summed E-state index contributed by atoms with van der Waals surface area (Å²) in [4.78, 5) is 14.0. The number of rotatable bonds is 3. The van der Waals surface area contributed by atoms with Crippen LogP contribution in [-0.4, -0.2) is 42.2 Å². The van der Waals surface area contributed by atoms with Crippen LogP contribution in [0.1, 0.15) is 10.4 Å². The van der Waals surface area contributed by atoms with E-state index in [1.165, 1.54) is 18.2 Å². The first-order valence-electron chi connectivity index (χ1n) is 7.17. The Morgan fingerprint density at radius 2 is 2.04 bits per heavy atom. The van der Waals surface area contributed by atoms with Gasteiger partial charge in [0.05, 0.1) is 11.6 Å². The standard InChI is InChI=1S/C17H16ClNO4/c1-19(17(21)11-6-7-14(20)13(18)8-11)9-12-10-22-15-4-2-3-5-16(15)23-12/h2-8,12,20H,9-10H2,1H3/t12-/m1/s1. The summed E-state index contributed by atoms with van der Waals surface area (Å²) in [5.74, 6) is 1.14. The second-order valence-corrected chi connectivity index (χ2v) is 5.76. The number of phenols is 1. The molecule has 0 unspecified atom stereocenters. The molecule has 0 radical (unpaired) electrons. The van der Waals surface area contributed by atoms with Gasteiger partial charge in [0.15, 0.2) is 17.6 Å². The SMILES string of the molecule is CN(C[C@@H]1COc2ccccc2O1)C(=O)c1ccc(O)c(Cl)c1. The lowest BCUT2D eigenvalue weighted by molar-refractivity contribution is 0.0521. The van der Waals surface area contributed by atoms with E-state index in [1.54, 1.807) is 11.9 Å². The van der Waals surface area contributed by atoms with Gasteiger partial charge in [-0.05, 0) is 30.3 Å². The largest absolute Gasteiger partial charge is 0.506 e. The van der Waals surface area contributed by atoms with E-state index in [2.05, 4.69) is 0 Å². The first-order chi connectivity index (χ1) is 11.0. The average molecular weight is 334 g/mol. The molecule has 6 heteroatoms. The van der Waals surface area contributed by atoms with Crippen LogP contribution in [0.5, 0.6) is 17.2 Å². The third-order valence-corrected chi connectivity index (χ3v) is 3.89. The average Bonchev–Trinajstić information content (AvgIpc) is 2.56. The van der Waals surface area contributed by atoms with Gasteiger partial charge in [-0.1, -0.05) is 23.7 Å². The van der Waals surface area contributed by atoms with Crippen LogP contribution in [0.15, 0.2) is 42.5 Å². The molecule has 23 heavy (non-hydrogen) atoms. The summed E-state index contributed by atoms with van der Waals surface area (Å²) in [5, 5.41) is 9.57. The fourth-order valence-electron chi connectivity index (χ4n) is 2.40. The lowest BCUT2D eigenvalue weighted by atomic mass is 10.2. The van der Waals surface area contributed by atoms with Gasteiger partial charge in [-0.25, -0.2) is 0 Å². The fraction of sp³-hybridized carbons (Fsp3) is 0.235. The molecule has 0 bridgehead atoms. The third-order valence-electron chi connectivity index (χ3n) is 3.59. The van der Waals surface area contributed by atoms with Crippen molar-refractivity contribution < 1.29 is 19.4 Å². The molecule has 0 saturated carbocycles. The van der Waals surface area contributed by atoms with Crippen molar-refractivity contribution in [1.29, 1.82) is 0 Å². The number of likely N-dealkylation sites (N-methyl/N-ethyl adjacent to an activating group) is 1. The van der Waals surface area contributed by atoms with E-state index in [0.717, 1.165) is 0 Å². The molecule has 1 N–H and O–H groups in total. The molecule has 0 aliphatic carbocycles. The van der Waals surface area contributed by atoms with Crippen molar-refractivity contribution in [1.82, 2.24) is 4.90 Å². The zero-order valence-electron chi connectivity index (χ0n) is 12.5. The van der Waals surface area contributed by atoms with E-state index in [9.17, 15) is 9.90 Å². The Labute approximate surface area is 139 Å². The molecular formula is C17H16ClNO4. The highest BCUT2D eigenvalue weighted by molar-refractivity contribution is 6.32. The second kappa shape index (κ2) is 6.38. The van der Waals surface area contributed by atoms with Crippen molar-refractivity contribution in [2.24, 2.45) is 0 Å². The molecule has 0 saturated heterocycles. The summed E-state index contributed by atoms with van der Waals surface area (Å²) in [5.41, 5.74) is 0.410. The zero-order valence-corrected chi connectivity index (χ0v) is 13.3. The van der Waals surface area contributed by atoms with Crippen molar-refractivity contribution in [3.63, 3.8) is 0 Å². The summed E-state index contributed by atoms with van der Waals surface area (Å²) < 4.78 is 11.5. The maximum Gasteiger partial charge on any atom is 0.253 e. The van der Waals surface area contributed by atoms with E-state index in [4.69, 9.17) is 21.1 Å². The molecule has 1 amide bonds. The Hall–Kier alpha value is -2.40. The number of fused-ring (bicyclic) bond motifs is 1. The Morgan fingerprint density at radius 1 is 1.30 bits per heavy atom. The van der Waals surface area contributed by atoms with Gasteiger partial charge in [-0.15, -0.1) is 0 Å². The summed E-state index contributed by atoms with van der Waals surface area (Å²) in [6.07, 6.45) is -0.244. The van der Waals surface area contributed by atoms with E-state index in [1.807, 2.05) is 24.3 Å². The first-order valence-corrected chi connectivity index (χ1v) is 7.55. The van der Waals surface area contributed by atoms with Crippen molar-refractivity contribution in [3.8, 4) is 17.2 Å². The maximum absolute atomic E-state index is 12.4. The molecular weight excluding hydrogens is 318 g/mol. The number of hydrogen-bond donors (Lipinski definition) is 1. The minimum absolute atomic E-state index is 0.0495. The van der Waals surface area contributed by atoms with Gasteiger partial charge in [0.2, 0.25) is 0 Å². The number of para-hydroxylation sites is 2. The number of carbonyl (C=O) groups excluding carboxylic acids is 1. The van der Waals surface area contributed by atoms with Crippen LogP contribution in [0.3, 0.4) is 0 Å². The van der Waals surface area contributed by atoms with Gasteiger partial charge in [-0.2, -0.15) is 0 Å². The van der Waals surface area contributed by atoms with Crippen molar-refractivity contribution >= 4 is 17.5 Å². The number of carbonyl (C=O) groups is 1. The number of hydrogen-bond acceptors (Lipinski definition) is 4. The molecule has 1 atom stereocenters. The molecule has 120 valence electrons. The Bertz CT molecular complexity index is 734. The number of nitrogens with zero attached hydrogens (tertiary/aromatic N) is 1. The Kier molecular flexibility index (Phi) is 4.30. The monoisotopic (exact) mass is 333 g/mol. The van der Waals surface area contributed by atoms with E-state index >= 15 is 0 Å². The number of halogens is 1. The second-order valence-electron chi connectivity index (χ2n) is 5.35. The lowest BCUT2D eigenvalue weighted by Gasteiger charge is -2.29. The van der Waals surface area contributed by atoms with Crippen LogP contribution in [0.4, 0.5) is 0 Å². The minimum atomic E-state index is -0.244. The van der Waals surface area contributed by atoms with E-state index in [0.29, 0.717) is 30.2 Å². The molecule has 5 nitrogen and oxygen atoms in total. The third kappa shape index (κ3) is 3.35. The van der Waals surface area contributed by atoms with Gasteiger partial charge in [0, 0.05) is 12.6 Å². The van der Waals surface area contributed by atoms with Gasteiger partial charge in [-0.3, -0.25) is 4.79 Å². The predicted octanol–water partition coefficient (Wildman–Crippen LogP) is 2.96. The minimum Gasteiger partial charge on any atom is -0.506 e. The lowest BCUT2D eigenvalue weighted by Crippen LogP contribution is -2.41. The van der Waals surface area contributed by atoms with Gasteiger partial charge < -0.3 is 19.5 Å². The number of ether oxygens (including phenoxy) is 2. The number of phenolic OH excluding ortho intramolecular Hbond substituents is 1. The van der Waals surface area contributed by atoms with Gasteiger partial charge >= 0.3 is 0 Å². The highest BCUT2D eigenvalue weighted by Gasteiger charge is 2.24. The summed E-state index contributed by atoms with van der Waals surface area (Å²) in [7, 11) is 1.69. The zero-order chi connectivity index (χ0) is 16.4. The van der Waals surface area contributed by atoms with Gasteiger partial charge in [0.1, 0.15) is 12.4 Å². The molecule has 1 heterocycles. The summed E-state index contributed by atoms with van der Waals surface area (Å²) >= 11 is 5.85. The van der Waals surface area contributed by atoms with E-state index < -0.39 is 0 Å². The van der Waals surface area contributed by atoms with Crippen LogP contribution < -0.4 is 9.47 Å².